The van der Waals surface area contributed by atoms with Crippen molar-refractivity contribution in [2.45, 2.75) is 32.7 Å². The molecule has 0 fully saturated rings. The molecule has 0 radical (unpaired) electrons. The molecule has 0 aliphatic carbocycles. The number of nitrogens with one attached hydrogen (secondary N) is 3. The van der Waals surface area contributed by atoms with E-state index in [0.29, 0.717) is 30.4 Å². The normalized spacial score (nSPS) is 13.5. The number of nitrogens with zero attached hydrogens (tertiary/aromatic N) is 5. The second-order valence-electron chi connectivity index (χ2n) is 10.3. The smallest absolute Gasteiger partial charge is 0.337 e. The number of carbonyl (C=O) groups excluding carboxylic acids is 1. The van der Waals surface area contributed by atoms with E-state index in [2.05, 4.69) is 10.3 Å². The minimum Gasteiger partial charge on any atom is -0.492 e. The molecule has 0 spiro atoms. The van der Waals surface area contributed by atoms with Gasteiger partial charge in [0.2, 0.25) is 0 Å². The number of carboxylic acid groups (broad SMARTS) is 1. The zero-order valence-corrected chi connectivity index (χ0v) is 23.8. The van der Waals surface area contributed by atoms with Crippen LogP contribution in [0.15, 0.2) is 36.4 Å². The van der Waals surface area contributed by atoms with Crippen LogP contribution in [0, 0.1) is 5.41 Å². The number of guanidine groups is 1. The number of aromatic carboxylic acids is 1. The lowest BCUT2D eigenvalue weighted by molar-refractivity contribution is 0.0697. The van der Waals surface area contributed by atoms with Gasteiger partial charge in [0.25, 0.3) is 5.91 Å². The summed E-state index contributed by atoms with van der Waals surface area (Å²) in [4.78, 5) is 42.1. The van der Waals surface area contributed by atoms with Gasteiger partial charge in [0.1, 0.15) is 17.4 Å². The van der Waals surface area contributed by atoms with Gasteiger partial charge in [0.15, 0.2) is 5.96 Å². The Bertz CT molecular complexity index is 1650. The van der Waals surface area contributed by atoms with Crippen molar-refractivity contribution in [3.63, 3.8) is 0 Å². The third-order valence-corrected chi connectivity index (χ3v) is 7.35. The number of benzene rings is 2. The van der Waals surface area contributed by atoms with Gasteiger partial charge in [0.05, 0.1) is 47.0 Å². The first-order chi connectivity index (χ1) is 19.6. The van der Waals surface area contributed by atoms with Gasteiger partial charge < -0.3 is 34.5 Å². The Morgan fingerprint density at radius 2 is 2.02 bits per heavy atom. The van der Waals surface area contributed by atoms with Gasteiger partial charge in [-0.05, 0) is 44.2 Å². The van der Waals surface area contributed by atoms with Crippen LogP contribution < -0.4 is 10.1 Å². The number of para-hydroxylation sites is 1. The highest BCUT2D eigenvalue weighted by Crippen LogP contribution is 2.31. The number of hydrogen-bond donors (Lipinski definition) is 4. The van der Waals surface area contributed by atoms with Gasteiger partial charge in [0, 0.05) is 45.4 Å². The average Bonchev–Trinajstić information content (AvgIpc) is 3.53. The average molecular weight is 559 g/mol. The lowest BCUT2D eigenvalue weighted by atomic mass is 10.1. The molecule has 214 valence electrons. The number of hydrogen-bond acceptors (Lipinski definition) is 6. The maximum Gasteiger partial charge on any atom is 0.337 e. The van der Waals surface area contributed by atoms with Crippen molar-refractivity contribution < 1.29 is 19.4 Å². The Hall–Kier alpha value is -4.87. The Balaban J connectivity index is 1.41. The molecule has 1 aliphatic rings. The van der Waals surface area contributed by atoms with Crippen LogP contribution in [0.2, 0.25) is 0 Å². The molecule has 0 saturated heterocycles. The molecule has 2 aromatic heterocycles. The molecule has 1 unspecified atom stereocenters. The molecule has 0 bridgehead atoms. The number of anilines is 1. The van der Waals surface area contributed by atoms with E-state index < -0.39 is 11.9 Å². The predicted molar refractivity (Wildman–Crippen MR) is 155 cm³/mol. The Kier molecular flexibility index (Phi) is 7.40. The number of carbonyl (C=O) groups is 2. The third kappa shape index (κ3) is 5.20. The summed E-state index contributed by atoms with van der Waals surface area (Å²) >= 11 is 0. The van der Waals surface area contributed by atoms with Crippen molar-refractivity contribution in [2.75, 3.05) is 32.6 Å². The van der Waals surface area contributed by atoms with Crippen LogP contribution in [0.5, 0.6) is 5.75 Å². The highest BCUT2D eigenvalue weighted by Gasteiger charge is 2.27. The molecule has 4 N–H and O–H groups in total. The summed E-state index contributed by atoms with van der Waals surface area (Å²) in [5.74, 6) is 0.586. The molecule has 1 aliphatic heterocycles. The molecule has 1 amide bonds. The minimum absolute atomic E-state index is 0.0511. The number of fused-ring (bicyclic) bond motifs is 2. The van der Waals surface area contributed by atoms with Crippen LogP contribution in [0.1, 0.15) is 63.5 Å². The number of rotatable bonds is 7. The van der Waals surface area contributed by atoms with E-state index in [1.165, 1.54) is 6.07 Å². The number of aromatic nitrogens is 4. The second-order valence-corrected chi connectivity index (χ2v) is 10.3. The molecule has 41 heavy (non-hydrogen) atoms. The zero-order valence-electron chi connectivity index (χ0n) is 23.8. The van der Waals surface area contributed by atoms with E-state index in [9.17, 15) is 14.7 Å². The van der Waals surface area contributed by atoms with Gasteiger partial charge in [-0.15, -0.1) is 0 Å². The first kappa shape index (κ1) is 27.7. The van der Waals surface area contributed by atoms with Crippen molar-refractivity contribution in [3.8, 4) is 5.75 Å². The highest BCUT2D eigenvalue weighted by molar-refractivity contribution is 6.10. The van der Waals surface area contributed by atoms with Gasteiger partial charge in [-0.3, -0.25) is 10.2 Å². The second kappa shape index (κ2) is 11.0. The molecule has 0 saturated carbocycles. The number of aryl methyl sites for hydroxylation is 1. The Morgan fingerprint density at radius 3 is 2.73 bits per heavy atom. The molecule has 2 aromatic carbocycles. The summed E-state index contributed by atoms with van der Waals surface area (Å²) in [6.45, 7) is 5.48. The molecular weight excluding hydrogens is 524 g/mol. The van der Waals surface area contributed by atoms with Crippen molar-refractivity contribution in [3.05, 3.63) is 70.6 Å². The van der Waals surface area contributed by atoms with E-state index in [-0.39, 0.29) is 17.2 Å². The van der Waals surface area contributed by atoms with Gasteiger partial charge in [-0.25, -0.2) is 14.8 Å². The van der Waals surface area contributed by atoms with Crippen molar-refractivity contribution in [1.29, 1.82) is 5.41 Å². The standard InChI is InChI=1S/C29H34N8O4/c1-6-41-23-9-7-8-18(28(39)40)24(23)34-27(38)17-10-11-20-22(14-17)36(5)26(33-20)16(2)25-31-19-12-13-37(15-21(19)32-25)29(30)35(3)4/h7-11,14,16,30H,6,12-13,15H2,1-5H3,(H,31,32)(H,34,38)(H,39,40). The number of carboxylic acids is 1. The van der Waals surface area contributed by atoms with Gasteiger partial charge in [-0.1, -0.05) is 6.07 Å². The van der Waals surface area contributed by atoms with Crippen LogP contribution in [-0.4, -0.2) is 79.5 Å². The summed E-state index contributed by atoms with van der Waals surface area (Å²) in [6, 6.07) is 9.83. The maximum atomic E-state index is 13.3. The Morgan fingerprint density at radius 1 is 1.24 bits per heavy atom. The number of amides is 1. The number of imidazole rings is 2. The summed E-state index contributed by atoms with van der Waals surface area (Å²) in [6.07, 6.45) is 0.780. The fourth-order valence-electron chi connectivity index (χ4n) is 5.14. The lowest BCUT2D eigenvalue weighted by Crippen LogP contribution is -2.42. The van der Waals surface area contributed by atoms with Crippen molar-refractivity contribution >= 4 is 34.6 Å². The summed E-state index contributed by atoms with van der Waals surface area (Å²) in [7, 11) is 5.63. The highest BCUT2D eigenvalue weighted by atomic mass is 16.5. The fourth-order valence-corrected chi connectivity index (χ4v) is 5.14. The monoisotopic (exact) mass is 558 g/mol. The van der Waals surface area contributed by atoms with Crippen LogP contribution in [0.4, 0.5) is 5.69 Å². The largest absolute Gasteiger partial charge is 0.492 e. The first-order valence-electron chi connectivity index (χ1n) is 13.4. The maximum absolute atomic E-state index is 13.3. The predicted octanol–water partition coefficient (Wildman–Crippen LogP) is 3.65. The molecular formula is C29H34N8O4. The van der Waals surface area contributed by atoms with Gasteiger partial charge >= 0.3 is 5.97 Å². The molecule has 12 nitrogen and oxygen atoms in total. The topological polar surface area (TPSA) is 152 Å². The quantitative estimate of drug-likeness (QED) is 0.198. The van der Waals surface area contributed by atoms with E-state index in [1.54, 1.807) is 42.2 Å². The molecule has 3 heterocycles. The minimum atomic E-state index is -1.16. The third-order valence-electron chi connectivity index (χ3n) is 7.35. The summed E-state index contributed by atoms with van der Waals surface area (Å²) in [5, 5.41) is 20.7. The van der Waals surface area contributed by atoms with Crippen molar-refractivity contribution in [2.24, 2.45) is 7.05 Å². The van der Waals surface area contributed by atoms with Crippen molar-refractivity contribution in [1.82, 2.24) is 29.3 Å². The van der Waals surface area contributed by atoms with E-state index in [1.807, 2.05) is 37.5 Å². The fraction of sp³-hybridized carbons (Fsp3) is 0.345. The number of H-pyrrole nitrogens is 1. The molecule has 1 atom stereocenters. The van der Waals surface area contributed by atoms with E-state index in [0.717, 1.165) is 47.0 Å². The summed E-state index contributed by atoms with van der Waals surface area (Å²) in [5.41, 5.74) is 3.94. The van der Waals surface area contributed by atoms with Crippen LogP contribution in [0.3, 0.4) is 0 Å². The molecule has 12 heteroatoms. The van der Waals surface area contributed by atoms with Crippen LogP contribution >= 0.6 is 0 Å². The van der Waals surface area contributed by atoms with Crippen LogP contribution in [-0.2, 0) is 20.0 Å². The number of ether oxygens (including phenoxy) is 1. The summed E-state index contributed by atoms with van der Waals surface area (Å²) < 4.78 is 7.52. The number of aromatic amines is 1. The molecule has 5 rings (SSSR count). The van der Waals surface area contributed by atoms with Gasteiger partial charge in [-0.2, -0.15) is 0 Å². The van der Waals surface area contributed by atoms with Crippen LogP contribution in [0.25, 0.3) is 11.0 Å². The first-order valence-corrected chi connectivity index (χ1v) is 13.4. The lowest BCUT2D eigenvalue weighted by Gasteiger charge is -2.31. The van der Waals surface area contributed by atoms with E-state index in [4.69, 9.17) is 20.1 Å². The Labute approximate surface area is 237 Å². The molecule has 4 aromatic rings. The van der Waals surface area contributed by atoms with E-state index >= 15 is 0 Å². The SMILES string of the molecule is CCOc1cccc(C(=O)O)c1NC(=O)c1ccc2nc(C(C)c3nc4c([nH]3)CCN(C(=N)N(C)C)C4)n(C)c2c1. The zero-order chi connectivity index (χ0) is 29.4.